The van der Waals surface area contributed by atoms with E-state index < -0.39 is 0 Å². The van der Waals surface area contributed by atoms with E-state index in [1.807, 2.05) is 0 Å². The molecule has 1 heterocycles. The summed E-state index contributed by atoms with van der Waals surface area (Å²) in [6.07, 6.45) is 2.18. The number of aryl methyl sites for hydroxylation is 1. The molecule has 14 heavy (non-hydrogen) atoms. The van der Waals surface area contributed by atoms with E-state index in [4.69, 9.17) is 0 Å². The molecule has 0 bridgehead atoms. The maximum absolute atomic E-state index is 2.34. The fourth-order valence-electron chi connectivity index (χ4n) is 1.85. The monoisotopic (exact) mass is 187 g/mol. The highest BCUT2D eigenvalue weighted by atomic mass is 15.0. The first-order valence-corrected chi connectivity index (χ1v) is 5.22. The minimum absolute atomic E-state index is 0.700. The Morgan fingerprint density at radius 1 is 1.21 bits per heavy atom. The Morgan fingerprint density at radius 3 is 2.71 bits per heavy atom. The summed E-state index contributed by atoms with van der Waals surface area (Å²) in [6, 6.07) is 8.82. The zero-order valence-corrected chi connectivity index (χ0v) is 9.12. The molecule has 0 saturated heterocycles. The summed E-state index contributed by atoms with van der Waals surface area (Å²) in [7, 11) is 0. The minimum atomic E-state index is 0.700. The van der Waals surface area contributed by atoms with Crippen LogP contribution in [0.1, 0.15) is 19.4 Å². The largest absolute Gasteiger partial charge is 0.347 e. The minimum Gasteiger partial charge on any atom is -0.347 e. The van der Waals surface area contributed by atoms with Gasteiger partial charge in [0.1, 0.15) is 0 Å². The number of rotatable bonds is 2. The second kappa shape index (κ2) is 3.49. The van der Waals surface area contributed by atoms with Crippen LogP contribution in [0.4, 0.5) is 0 Å². The van der Waals surface area contributed by atoms with E-state index in [9.17, 15) is 0 Å². The predicted octanol–water partition coefficient (Wildman–Crippen LogP) is 3.61. The van der Waals surface area contributed by atoms with Crippen LogP contribution in [0, 0.1) is 12.8 Å². The fourth-order valence-corrected chi connectivity index (χ4v) is 1.85. The molecule has 0 aliphatic rings. The third-order valence-electron chi connectivity index (χ3n) is 2.49. The van der Waals surface area contributed by atoms with Crippen molar-refractivity contribution < 1.29 is 0 Å². The van der Waals surface area contributed by atoms with E-state index in [2.05, 4.69) is 55.8 Å². The lowest BCUT2D eigenvalue weighted by atomic mass is 10.2. The molecule has 1 heteroatoms. The maximum Gasteiger partial charge on any atom is 0.0482 e. The second-order valence-electron chi connectivity index (χ2n) is 4.42. The Kier molecular flexibility index (Phi) is 2.32. The molecule has 0 aliphatic carbocycles. The van der Waals surface area contributed by atoms with Gasteiger partial charge in [-0.1, -0.05) is 26.0 Å². The van der Waals surface area contributed by atoms with Crippen molar-refractivity contribution in [2.75, 3.05) is 0 Å². The van der Waals surface area contributed by atoms with Gasteiger partial charge in [0.05, 0.1) is 0 Å². The first-order valence-electron chi connectivity index (χ1n) is 5.22. The molecule has 0 N–H and O–H groups in total. The smallest absolute Gasteiger partial charge is 0.0482 e. The zero-order chi connectivity index (χ0) is 10.1. The molecule has 0 saturated carbocycles. The Hall–Kier alpha value is -1.24. The van der Waals surface area contributed by atoms with Crippen LogP contribution in [-0.2, 0) is 6.54 Å². The molecular formula is C13H17N. The van der Waals surface area contributed by atoms with E-state index in [0.29, 0.717) is 5.92 Å². The average Bonchev–Trinajstić information content (AvgIpc) is 2.47. The molecule has 1 aromatic heterocycles. The van der Waals surface area contributed by atoms with Crippen LogP contribution in [-0.4, -0.2) is 4.57 Å². The van der Waals surface area contributed by atoms with Crippen LogP contribution in [0.2, 0.25) is 0 Å². The lowest BCUT2D eigenvalue weighted by Crippen LogP contribution is -2.02. The molecule has 1 aromatic carbocycles. The van der Waals surface area contributed by atoms with E-state index in [0.717, 1.165) is 6.54 Å². The van der Waals surface area contributed by atoms with Crippen molar-refractivity contribution in [3.8, 4) is 0 Å². The molecule has 0 unspecified atom stereocenters. The quantitative estimate of drug-likeness (QED) is 0.677. The SMILES string of the molecule is Cc1ccc2ccn(CC(C)C)c2c1. The average molecular weight is 187 g/mol. The molecule has 2 rings (SSSR count). The summed E-state index contributed by atoms with van der Waals surface area (Å²) >= 11 is 0. The Balaban J connectivity index is 2.50. The zero-order valence-electron chi connectivity index (χ0n) is 9.12. The highest BCUT2D eigenvalue weighted by molar-refractivity contribution is 5.80. The highest BCUT2D eigenvalue weighted by Gasteiger charge is 2.02. The van der Waals surface area contributed by atoms with Gasteiger partial charge in [-0.2, -0.15) is 0 Å². The molecule has 74 valence electrons. The lowest BCUT2D eigenvalue weighted by Gasteiger charge is -2.08. The normalized spacial score (nSPS) is 11.4. The van der Waals surface area contributed by atoms with Crippen molar-refractivity contribution in [3.05, 3.63) is 36.0 Å². The van der Waals surface area contributed by atoms with Gasteiger partial charge in [0.25, 0.3) is 0 Å². The third kappa shape index (κ3) is 1.67. The van der Waals surface area contributed by atoms with E-state index in [1.54, 1.807) is 0 Å². The number of aromatic nitrogens is 1. The molecule has 0 fully saturated rings. The molecule has 1 nitrogen and oxygen atoms in total. The van der Waals surface area contributed by atoms with Crippen LogP contribution in [0.15, 0.2) is 30.5 Å². The van der Waals surface area contributed by atoms with Crippen molar-refractivity contribution in [1.29, 1.82) is 0 Å². The summed E-state index contributed by atoms with van der Waals surface area (Å²) in [5.41, 5.74) is 2.69. The standard InChI is InChI=1S/C13H17N/c1-10(2)9-14-7-6-12-5-4-11(3)8-13(12)14/h4-8,10H,9H2,1-3H3. The summed E-state index contributed by atoms with van der Waals surface area (Å²) in [6.45, 7) is 7.75. The van der Waals surface area contributed by atoms with Gasteiger partial charge in [0, 0.05) is 18.3 Å². The van der Waals surface area contributed by atoms with Crippen LogP contribution >= 0.6 is 0 Å². The van der Waals surface area contributed by atoms with E-state index in [1.165, 1.54) is 16.5 Å². The molecule has 0 amide bonds. The number of hydrogen-bond acceptors (Lipinski definition) is 0. The molecule has 0 radical (unpaired) electrons. The molecule has 0 aliphatic heterocycles. The van der Waals surface area contributed by atoms with Crippen LogP contribution in [0.3, 0.4) is 0 Å². The van der Waals surface area contributed by atoms with Gasteiger partial charge in [-0.3, -0.25) is 0 Å². The Morgan fingerprint density at radius 2 is 2.00 bits per heavy atom. The molecule has 0 spiro atoms. The Labute approximate surface area is 85.4 Å². The van der Waals surface area contributed by atoms with Gasteiger partial charge in [0.15, 0.2) is 0 Å². The topological polar surface area (TPSA) is 4.93 Å². The van der Waals surface area contributed by atoms with Gasteiger partial charge >= 0.3 is 0 Å². The van der Waals surface area contributed by atoms with Gasteiger partial charge in [0.2, 0.25) is 0 Å². The van der Waals surface area contributed by atoms with Crippen LogP contribution in [0.25, 0.3) is 10.9 Å². The molecule has 2 aromatic rings. The lowest BCUT2D eigenvalue weighted by molar-refractivity contribution is 0.535. The summed E-state index contributed by atoms with van der Waals surface area (Å²) < 4.78 is 2.34. The van der Waals surface area contributed by atoms with Crippen LogP contribution in [0.5, 0.6) is 0 Å². The first-order chi connectivity index (χ1) is 6.66. The van der Waals surface area contributed by atoms with E-state index >= 15 is 0 Å². The maximum atomic E-state index is 2.34. The summed E-state index contributed by atoms with van der Waals surface area (Å²) in [5.74, 6) is 0.700. The number of nitrogens with zero attached hydrogens (tertiary/aromatic N) is 1. The fraction of sp³-hybridized carbons (Fsp3) is 0.385. The number of benzene rings is 1. The van der Waals surface area contributed by atoms with Crippen molar-refractivity contribution in [1.82, 2.24) is 4.57 Å². The van der Waals surface area contributed by atoms with Gasteiger partial charge in [-0.25, -0.2) is 0 Å². The first kappa shape index (κ1) is 9.32. The summed E-state index contributed by atoms with van der Waals surface area (Å²) in [4.78, 5) is 0. The Bertz CT molecular complexity index is 437. The number of fused-ring (bicyclic) bond motifs is 1. The van der Waals surface area contributed by atoms with Gasteiger partial charge in [-0.05, 0) is 35.9 Å². The number of hydrogen-bond donors (Lipinski definition) is 0. The molecular weight excluding hydrogens is 170 g/mol. The predicted molar refractivity (Wildman–Crippen MR) is 61.5 cm³/mol. The van der Waals surface area contributed by atoms with Crippen molar-refractivity contribution in [2.45, 2.75) is 27.3 Å². The van der Waals surface area contributed by atoms with E-state index in [-0.39, 0.29) is 0 Å². The third-order valence-corrected chi connectivity index (χ3v) is 2.49. The van der Waals surface area contributed by atoms with Crippen molar-refractivity contribution in [2.24, 2.45) is 5.92 Å². The summed E-state index contributed by atoms with van der Waals surface area (Å²) in [5, 5.41) is 1.34. The van der Waals surface area contributed by atoms with Crippen LogP contribution < -0.4 is 0 Å². The van der Waals surface area contributed by atoms with Crippen molar-refractivity contribution in [3.63, 3.8) is 0 Å². The second-order valence-corrected chi connectivity index (χ2v) is 4.42. The molecule has 0 atom stereocenters. The highest BCUT2D eigenvalue weighted by Crippen LogP contribution is 2.18. The van der Waals surface area contributed by atoms with Gasteiger partial charge in [-0.15, -0.1) is 0 Å². The van der Waals surface area contributed by atoms with Crippen molar-refractivity contribution >= 4 is 10.9 Å². The van der Waals surface area contributed by atoms with Gasteiger partial charge < -0.3 is 4.57 Å².